The number of esters is 1. The fourth-order valence-electron chi connectivity index (χ4n) is 2.48. The molecule has 8 nitrogen and oxygen atoms in total. The molecule has 1 amide bonds. The number of hydrogen-bond donors (Lipinski definition) is 1. The number of rotatable bonds is 5. The van der Waals surface area contributed by atoms with E-state index in [-0.39, 0.29) is 33.2 Å². The van der Waals surface area contributed by atoms with Gasteiger partial charge in [-0.3, -0.25) is 4.79 Å². The summed E-state index contributed by atoms with van der Waals surface area (Å²) in [6, 6.07) is 6.27. The third kappa shape index (κ3) is 3.49. The van der Waals surface area contributed by atoms with Crippen LogP contribution in [0.3, 0.4) is 0 Å². The van der Waals surface area contributed by atoms with Crippen LogP contribution in [0.25, 0.3) is 0 Å². The minimum absolute atomic E-state index is 0.101. The van der Waals surface area contributed by atoms with Crippen molar-refractivity contribution in [1.82, 2.24) is 4.31 Å². The van der Waals surface area contributed by atoms with Gasteiger partial charge in [0.1, 0.15) is 22.0 Å². The number of sulfonamides is 1. The Morgan fingerprint density at radius 1 is 1.12 bits per heavy atom. The van der Waals surface area contributed by atoms with Gasteiger partial charge in [-0.25, -0.2) is 17.5 Å². The van der Waals surface area contributed by atoms with Gasteiger partial charge in [-0.1, -0.05) is 12.1 Å². The van der Waals surface area contributed by atoms with Crippen LogP contribution in [-0.4, -0.2) is 45.8 Å². The molecule has 0 aliphatic rings. The minimum atomic E-state index is -3.90. The lowest BCUT2D eigenvalue weighted by Crippen LogP contribution is -2.26. The molecule has 9 heteroatoms. The summed E-state index contributed by atoms with van der Waals surface area (Å²) in [6.07, 6.45) is 0. The lowest BCUT2D eigenvalue weighted by Gasteiger charge is -2.13. The number of carbonyl (C=O) groups excluding carboxylic acids is 2. The zero-order valence-electron chi connectivity index (χ0n) is 15.1. The third-order valence-corrected chi connectivity index (χ3v) is 5.72. The van der Waals surface area contributed by atoms with Gasteiger partial charge in [0.15, 0.2) is 0 Å². The number of anilines is 1. The van der Waals surface area contributed by atoms with Crippen molar-refractivity contribution in [2.45, 2.75) is 18.7 Å². The molecule has 0 saturated heterocycles. The van der Waals surface area contributed by atoms with E-state index in [2.05, 4.69) is 5.32 Å². The molecule has 0 bridgehead atoms. The molecular formula is C17H20N2O6S. The summed E-state index contributed by atoms with van der Waals surface area (Å²) >= 11 is 0. The second-order valence-corrected chi connectivity index (χ2v) is 7.79. The fraction of sp³-hybridized carbons (Fsp3) is 0.294. The van der Waals surface area contributed by atoms with Gasteiger partial charge >= 0.3 is 5.97 Å². The average molecular weight is 380 g/mol. The minimum Gasteiger partial charge on any atom is -0.465 e. The second kappa shape index (κ2) is 7.30. The summed E-state index contributed by atoms with van der Waals surface area (Å²) in [6.45, 7) is 2.98. The molecule has 0 radical (unpaired) electrons. The number of furan rings is 1. The summed E-state index contributed by atoms with van der Waals surface area (Å²) in [5.41, 5.74) is 0.255. The lowest BCUT2D eigenvalue weighted by atomic mass is 10.1. The largest absolute Gasteiger partial charge is 0.465 e. The van der Waals surface area contributed by atoms with Crippen LogP contribution in [0.2, 0.25) is 0 Å². The van der Waals surface area contributed by atoms with E-state index in [9.17, 15) is 18.0 Å². The fourth-order valence-corrected chi connectivity index (χ4v) is 3.75. The van der Waals surface area contributed by atoms with Crippen molar-refractivity contribution in [3.63, 3.8) is 0 Å². The Morgan fingerprint density at radius 2 is 1.73 bits per heavy atom. The first-order chi connectivity index (χ1) is 12.1. The monoisotopic (exact) mass is 380 g/mol. The first kappa shape index (κ1) is 19.7. The SMILES string of the molecule is COC(=O)c1ccccc1NC(=O)c1c(C)oc(C)c1S(=O)(=O)N(C)C. The zero-order chi connectivity index (χ0) is 19.6. The summed E-state index contributed by atoms with van der Waals surface area (Å²) in [5, 5.41) is 2.56. The van der Waals surface area contributed by atoms with Crippen molar-refractivity contribution in [1.29, 1.82) is 0 Å². The number of benzene rings is 1. The predicted molar refractivity (Wildman–Crippen MR) is 94.8 cm³/mol. The van der Waals surface area contributed by atoms with Crippen LogP contribution in [0.1, 0.15) is 32.2 Å². The highest BCUT2D eigenvalue weighted by Gasteiger charge is 2.32. The van der Waals surface area contributed by atoms with Gasteiger partial charge in [-0.2, -0.15) is 0 Å². The summed E-state index contributed by atoms with van der Waals surface area (Å²) in [5.74, 6) is -1.04. The van der Waals surface area contributed by atoms with E-state index in [1.807, 2.05) is 0 Å². The average Bonchev–Trinajstić information content (AvgIpc) is 2.89. The van der Waals surface area contributed by atoms with Crippen LogP contribution in [0, 0.1) is 13.8 Å². The van der Waals surface area contributed by atoms with E-state index in [1.54, 1.807) is 12.1 Å². The van der Waals surface area contributed by atoms with Gasteiger partial charge in [-0.05, 0) is 26.0 Å². The normalized spacial score (nSPS) is 11.5. The van der Waals surface area contributed by atoms with Crippen molar-refractivity contribution in [2.75, 3.05) is 26.5 Å². The third-order valence-electron chi connectivity index (χ3n) is 3.75. The van der Waals surface area contributed by atoms with Gasteiger partial charge in [0.25, 0.3) is 5.91 Å². The van der Waals surface area contributed by atoms with Gasteiger partial charge < -0.3 is 14.5 Å². The molecule has 0 saturated carbocycles. The van der Waals surface area contributed by atoms with Crippen molar-refractivity contribution < 1.29 is 27.2 Å². The summed E-state index contributed by atoms with van der Waals surface area (Å²) in [4.78, 5) is 24.4. The van der Waals surface area contributed by atoms with E-state index < -0.39 is 21.9 Å². The molecule has 2 rings (SSSR count). The van der Waals surface area contributed by atoms with E-state index >= 15 is 0 Å². The first-order valence-corrected chi connectivity index (χ1v) is 9.06. The van der Waals surface area contributed by atoms with Crippen molar-refractivity contribution in [3.8, 4) is 0 Å². The Morgan fingerprint density at radius 3 is 2.31 bits per heavy atom. The van der Waals surface area contributed by atoms with Gasteiger partial charge in [0.2, 0.25) is 10.0 Å². The molecule has 0 atom stereocenters. The van der Waals surface area contributed by atoms with E-state index in [0.717, 1.165) is 4.31 Å². The van der Waals surface area contributed by atoms with E-state index in [1.165, 1.54) is 47.2 Å². The maximum Gasteiger partial charge on any atom is 0.339 e. The van der Waals surface area contributed by atoms with E-state index in [4.69, 9.17) is 9.15 Å². The lowest BCUT2D eigenvalue weighted by molar-refractivity contribution is 0.0602. The number of amides is 1. The topological polar surface area (TPSA) is 106 Å². The van der Waals surface area contributed by atoms with Crippen molar-refractivity contribution in [2.24, 2.45) is 0 Å². The highest BCUT2D eigenvalue weighted by atomic mass is 32.2. The van der Waals surface area contributed by atoms with Crippen LogP contribution in [0.15, 0.2) is 33.6 Å². The molecule has 26 heavy (non-hydrogen) atoms. The van der Waals surface area contributed by atoms with E-state index in [0.29, 0.717) is 0 Å². The smallest absolute Gasteiger partial charge is 0.339 e. The number of ether oxygens (including phenoxy) is 1. The van der Waals surface area contributed by atoms with Crippen LogP contribution in [0.4, 0.5) is 5.69 Å². The molecule has 1 aromatic carbocycles. The Labute approximate surface area is 151 Å². The molecule has 1 heterocycles. The number of carbonyl (C=O) groups is 2. The Kier molecular flexibility index (Phi) is 5.53. The van der Waals surface area contributed by atoms with Crippen LogP contribution in [0.5, 0.6) is 0 Å². The number of nitrogens with zero attached hydrogens (tertiary/aromatic N) is 1. The number of para-hydroxylation sites is 1. The number of aryl methyl sites for hydroxylation is 2. The number of methoxy groups -OCH3 is 1. The zero-order valence-corrected chi connectivity index (χ0v) is 15.9. The van der Waals surface area contributed by atoms with Crippen LogP contribution < -0.4 is 5.32 Å². The van der Waals surface area contributed by atoms with Gasteiger partial charge in [0.05, 0.1) is 18.4 Å². The standard InChI is InChI=1S/C17H20N2O6S/c1-10-14(15(11(2)25-10)26(22,23)19(3)4)16(20)18-13-9-7-6-8-12(13)17(21)24-5/h6-9H,1-5H3,(H,18,20). The van der Waals surface area contributed by atoms with Crippen molar-refractivity contribution >= 4 is 27.6 Å². The molecule has 0 aliphatic carbocycles. The quantitative estimate of drug-likeness (QED) is 0.797. The number of hydrogen-bond acceptors (Lipinski definition) is 6. The predicted octanol–water partition coefficient (Wildman–Crippen LogP) is 2.19. The summed E-state index contributed by atoms with van der Waals surface area (Å²) in [7, 11) is 0.0626. The van der Waals surface area contributed by atoms with Crippen LogP contribution >= 0.6 is 0 Å². The molecule has 0 unspecified atom stereocenters. The molecule has 0 aliphatic heterocycles. The Bertz CT molecular complexity index is 960. The first-order valence-electron chi connectivity index (χ1n) is 7.62. The highest BCUT2D eigenvalue weighted by molar-refractivity contribution is 7.89. The summed E-state index contributed by atoms with van der Waals surface area (Å²) < 4.78 is 36.2. The molecule has 1 N–H and O–H groups in total. The molecule has 1 aromatic heterocycles. The maximum atomic E-state index is 12.8. The molecule has 2 aromatic rings. The molecule has 0 spiro atoms. The highest BCUT2D eigenvalue weighted by Crippen LogP contribution is 2.29. The van der Waals surface area contributed by atoms with Crippen molar-refractivity contribution in [3.05, 3.63) is 46.9 Å². The van der Waals surface area contributed by atoms with Gasteiger partial charge in [0, 0.05) is 14.1 Å². The van der Waals surface area contributed by atoms with Crippen LogP contribution in [-0.2, 0) is 14.8 Å². The Balaban J connectivity index is 2.53. The second-order valence-electron chi connectivity index (χ2n) is 5.70. The molecule has 140 valence electrons. The molecular weight excluding hydrogens is 360 g/mol. The number of nitrogens with one attached hydrogen (secondary N) is 1. The molecule has 0 fully saturated rings. The van der Waals surface area contributed by atoms with Gasteiger partial charge in [-0.15, -0.1) is 0 Å². The maximum absolute atomic E-state index is 12.8. The Hall–Kier alpha value is -2.65.